The number of nitrogens with one attached hydrogen (secondary N) is 2. The van der Waals surface area contributed by atoms with Gasteiger partial charge in [0.05, 0.1) is 13.0 Å². The molecule has 238 valence electrons. The van der Waals surface area contributed by atoms with Gasteiger partial charge in [-0.3, -0.25) is 14.4 Å². The highest BCUT2D eigenvalue weighted by atomic mass is 32.2. The van der Waals surface area contributed by atoms with Gasteiger partial charge in [-0.05, 0) is 83.1 Å². The summed E-state index contributed by atoms with van der Waals surface area (Å²) >= 11 is 1.57. The Morgan fingerprint density at radius 1 is 1.00 bits per heavy atom. The van der Waals surface area contributed by atoms with Crippen LogP contribution in [-0.2, 0) is 23.9 Å². The number of nitrogens with zero attached hydrogens (tertiary/aromatic N) is 1. The maximum absolute atomic E-state index is 14.3. The minimum Gasteiger partial charge on any atom is -0.466 e. The fourth-order valence-corrected chi connectivity index (χ4v) is 4.89. The number of carbonyl (C=O) groups is 4. The average molecular weight is 608 g/mol. The van der Waals surface area contributed by atoms with E-state index in [1.807, 2.05) is 38.3 Å². The third-order valence-electron chi connectivity index (χ3n) is 6.73. The Kier molecular flexibility index (Phi) is 17.3. The molecule has 1 aromatic rings. The van der Waals surface area contributed by atoms with Crippen LogP contribution < -0.4 is 10.6 Å². The van der Waals surface area contributed by atoms with Gasteiger partial charge in [0.1, 0.15) is 17.7 Å². The number of benzene rings is 1. The summed E-state index contributed by atoms with van der Waals surface area (Å²) in [5.41, 5.74) is 2.02. The van der Waals surface area contributed by atoms with Crippen molar-refractivity contribution in [2.24, 2.45) is 0 Å². The summed E-state index contributed by atoms with van der Waals surface area (Å²) in [4.78, 5) is 54.4. The monoisotopic (exact) mass is 607 g/mol. The second kappa shape index (κ2) is 19.4. The van der Waals surface area contributed by atoms with Crippen molar-refractivity contribution >= 4 is 35.6 Å². The molecule has 9 nitrogen and oxygen atoms in total. The smallest absolute Gasteiger partial charge is 0.408 e. The number of esters is 1. The van der Waals surface area contributed by atoms with Crippen molar-refractivity contribution in [3.63, 3.8) is 0 Å². The average Bonchev–Trinajstić information content (AvgIpc) is 2.90. The van der Waals surface area contributed by atoms with Crippen LogP contribution >= 0.6 is 11.8 Å². The van der Waals surface area contributed by atoms with Crippen LogP contribution in [0.5, 0.6) is 0 Å². The molecule has 0 heterocycles. The van der Waals surface area contributed by atoms with Crippen molar-refractivity contribution in [3.8, 4) is 0 Å². The highest BCUT2D eigenvalue weighted by Gasteiger charge is 2.36. The number of ether oxygens (including phenoxy) is 2. The van der Waals surface area contributed by atoms with Gasteiger partial charge in [0, 0.05) is 13.1 Å². The number of thioether (sulfide) groups is 1. The number of amides is 3. The Balaban J connectivity index is 3.47. The number of carbonyl (C=O) groups excluding carboxylic acids is 4. The molecule has 1 rings (SSSR count). The molecule has 0 radical (unpaired) electrons. The van der Waals surface area contributed by atoms with Gasteiger partial charge in [-0.1, -0.05) is 50.8 Å². The van der Waals surface area contributed by atoms with Gasteiger partial charge < -0.3 is 25.0 Å². The first kappa shape index (κ1) is 37.3. The van der Waals surface area contributed by atoms with Crippen molar-refractivity contribution in [2.45, 2.75) is 111 Å². The Bertz CT molecular complexity index is 1010. The van der Waals surface area contributed by atoms with Crippen LogP contribution in [0.3, 0.4) is 0 Å². The molecule has 2 N–H and O–H groups in total. The van der Waals surface area contributed by atoms with Crippen LogP contribution in [0, 0.1) is 13.8 Å². The largest absolute Gasteiger partial charge is 0.466 e. The molecule has 2 atom stereocenters. The highest BCUT2D eigenvalue weighted by Crippen LogP contribution is 2.26. The molecule has 10 heteroatoms. The Hall–Kier alpha value is -2.75. The quantitative estimate of drug-likeness (QED) is 0.159. The summed E-state index contributed by atoms with van der Waals surface area (Å²) in [7, 11) is 0. The molecule has 3 amide bonds. The van der Waals surface area contributed by atoms with Crippen molar-refractivity contribution in [1.29, 1.82) is 0 Å². The van der Waals surface area contributed by atoms with E-state index >= 15 is 0 Å². The van der Waals surface area contributed by atoms with Gasteiger partial charge in [0.25, 0.3) is 0 Å². The van der Waals surface area contributed by atoms with E-state index in [4.69, 9.17) is 9.47 Å². The van der Waals surface area contributed by atoms with Gasteiger partial charge in [-0.2, -0.15) is 11.8 Å². The second-order valence-corrected chi connectivity index (χ2v) is 12.5. The molecular weight excluding hydrogens is 554 g/mol. The first-order valence-electron chi connectivity index (χ1n) is 15.1. The van der Waals surface area contributed by atoms with Crippen LogP contribution in [0.15, 0.2) is 18.2 Å². The molecule has 2 unspecified atom stereocenters. The van der Waals surface area contributed by atoms with Crippen LogP contribution in [0.2, 0.25) is 0 Å². The minimum absolute atomic E-state index is 0.0285. The molecule has 0 aliphatic rings. The summed E-state index contributed by atoms with van der Waals surface area (Å²) in [5.74, 6) is -0.487. The van der Waals surface area contributed by atoms with E-state index in [0.29, 0.717) is 30.7 Å². The predicted molar refractivity (Wildman–Crippen MR) is 170 cm³/mol. The van der Waals surface area contributed by atoms with Crippen LogP contribution in [0.25, 0.3) is 0 Å². The SMILES string of the molecule is CCCCCCCN(C(=O)C(CCSC)NC(=O)OC(C)(C)C)C(C(=O)NCCC(=O)OCC)c1ccc(C)c(C)c1. The lowest BCUT2D eigenvalue weighted by molar-refractivity contribution is -0.144. The van der Waals surface area contributed by atoms with E-state index in [2.05, 4.69) is 17.6 Å². The summed E-state index contributed by atoms with van der Waals surface area (Å²) in [5, 5.41) is 5.63. The van der Waals surface area contributed by atoms with Gasteiger partial charge in [0.15, 0.2) is 0 Å². The summed E-state index contributed by atoms with van der Waals surface area (Å²) in [6, 6.07) is 3.93. The maximum Gasteiger partial charge on any atom is 0.408 e. The summed E-state index contributed by atoms with van der Waals surface area (Å²) in [6.45, 7) is 13.8. The van der Waals surface area contributed by atoms with Crippen LogP contribution in [0.1, 0.15) is 102 Å². The lowest BCUT2D eigenvalue weighted by atomic mass is 9.97. The van der Waals surface area contributed by atoms with Crippen LogP contribution in [-0.4, -0.2) is 72.1 Å². The van der Waals surface area contributed by atoms with Crippen molar-refractivity contribution in [3.05, 3.63) is 34.9 Å². The van der Waals surface area contributed by atoms with Crippen LogP contribution in [0.4, 0.5) is 4.79 Å². The maximum atomic E-state index is 14.3. The van der Waals surface area contributed by atoms with E-state index < -0.39 is 29.7 Å². The number of hydrogen-bond donors (Lipinski definition) is 2. The lowest BCUT2D eigenvalue weighted by Crippen LogP contribution is -2.53. The van der Waals surface area contributed by atoms with Gasteiger partial charge in [-0.25, -0.2) is 4.79 Å². The number of rotatable bonds is 18. The fourth-order valence-electron chi connectivity index (χ4n) is 4.42. The number of hydrogen-bond acceptors (Lipinski definition) is 7. The Morgan fingerprint density at radius 2 is 1.69 bits per heavy atom. The first-order chi connectivity index (χ1) is 19.8. The standard InChI is InChI=1S/C32H53N3O6S/c1-9-11-12-13-14-20-35(30(38)26(18-21-42-8)34-31(39)41-32(5,6)7)28(25-16-15-23(3)24(4)22-25)29(37)33-19-17-27(36)40-10-2/h15-16,22,26,28H,9-14,17-21H2,1-8H3,(H,33,37)(H,34,39). The van der Waals surface area contributed by atoms with E-state index in [1.54, 1.807) is 44.4 Å². The molecule has 0 saturated heterocycles. The number of alkyl carbamates (subject to hydrolysis) is 1. The van der Waals surface area contributed by atoms with Crippen molar-refractivity contribution < 1.29 is 28.7 Å². The zero-order valence-corrected chi connectivity index (χ0v) is 27.8. The topological polar surface area (TPSA) is 114 Å². The number of aryl methyl sites for hydroxylation is 2. The van der Waals surface area contributed by atoms with Crippen molar-refractivity contribution in [2.75, 3.05) is 31.7 Å². The molecule has 0 aliphatic carbocycles. The van der Waals surface area contributed by atoms with Gasteiger partial charge >= 0.3 is 12.1 Å². The normalized spacial score (nSPS) is 12.7. The van der Waals surface area contributed by atoms with E-state index in [1.165, 1.54) is 0 Å². The van der Waals surface area contributed by atoms with Crippen molar-refractivity contribution in [1.82, 2.24) is 15.5 Å². The summed E-state index contributed by atoms with van der Waals surface area (Å²) in [6.07, 6.45) is 6.52. The molecule has 0 aliphatic heterocycles. The van der Waals surface area contributed by atoms with E-state index in [0.717, 1.165) is 36.8 Å². The van der Waals surface area contributed by atoms with E-state index in [9.17, 15) is 19.2 Å². The highest BCUT2D eigenvalue weighted by molar-refractivity contribution is 7.98. The molecule has 0 spiro atoms. The zero-order valence-electron chi connectivity index (χ0n) is 27.0. The zero-order chi connectivity index (χ0) is 31.7. The molecular formula is C32H53N3O6S. The third kappa shape index (κ3) is 13.9. The van der Waals surface area contributed by atoms with E-state index in [-0.39, 0.29) is 31.4 Å². The Labute approximate surface area is 257 Å². The van der Waals surface area contributed by atoms with Gasteiger partial charge in [0.2, 0.25) is 11.8 Å². The fraction of sp³-hybridized carbons (Fsp3) is 0.688. The lowest BCUT2D eigenvalue weighted by Gasteiger charge is -2.35. The molecule has 0 saturated carbocycles. The second-order valence-electron chi connectivity index (χ2n) is 11.5. The minimum atomic E-state index is -0.942. The molecule has 1 aromatic carbocycles. The molecule has 0 fully saturated rings. The number of unbranched alkanes of at least 4 members (excludes halogenated alkanes) is 4. The summed E-state index contributed by atoms with van der Waals surface area (Å²) < 4.78 is 10.5. The Morgan fingerprint density at radius 3 is 2.29 bits per heavy atom. The molecule has 0 aromatic heterocycles. The molecule has 42 heavy (non-hydrogen) atoms. The molecule has 0 bridgehead atoms. The van der Waals surface area contributed by atoms with Gasteiger partial charge in [-0.15, -0.1) is 0 Å². The predicted octanol–water partition coefficient (Wildman–Crippen LogP) is 5.86. The first-order valence-corrected chi connectivity index (χ1v) is 16.5. The third-order valence-corrected chi connectivity index (χ3v) is 7.37.